The molecule has 0 aliphatic carbocycles. The van der Waals surface area contributed by atoms with E-state index in [0.29, 0.717) is 33.7 Å². The summed E-state index contributed by atoms with van der Waals surface area (Å²) in [4.78, 5) is 23.7. The highest BCUT2D eigenvalue weighted by Crippen LogP contribution is 2.27. The zero-order chi connectivity index (χ0) is 23.0. The fraction of sp³-hybridized carbons (Fsp3) is 0.350. The number of rotatable bonds is 6. The van der Waals surface area contributed by atoms with Gasteiger partial charge in [0.2, 0.25) is 5.91 Å². The van der Waals surface area contributed by atoms with Crippen molar-refractivity contribution in [3.05, 3.63) is 66.7 Å². The molecule has 1 aromatic carbocycles. The third-order valence-corrected chi connectivity index (χ3v) is 5.77. The van der Waals surface area contributed by atoms with Crippen molar-refractivity contribution >= 4 is 40.5 Å². The molecule has 1 unspecified atom stereocenters. The average Bonchev–Trinajstić information content (AvgIpc) is 3.13. The average molecular weight is 465 g/mol. The molecule has 3 rings (SSSR count). The number of anilines is 1. The molecule has 2 aromatic heterocycles. The molecule has 0 saturated heterocycles. The summed E-state index contributed by atoms with van der Waals surface area (Å²) in [6.07, 6.45) is 0. The highest BCUT2D eigenvalue weighted by molar-refractivity contribution is 6.35. The van der Waals surface area contributed by atoms with Gasteiger partial charge in [0, 0.05) is 10.0 Å². The summed E-state index contributed by atoms with van der Waals surface area (Å²) >= 11 is 12.2. The van der Waals surface area contributed by atoms with Gasteiger partial charge in [0.1, 0.15) is 17.4 Å². The second-order valence-corrected chi connectivity index (χ2v) is 8.17. The van der Waals surface area contributed by atoms with Gasteiger partial charge in [-0.3, -0.25) is 24.3 Å². The monoisotopic (exact) mass is 464 g/mol. The maximum Gasteiger partial charge on any atom is 0.312 e. The lowest BCUT2D eigenvalue weighted by Crippen LogP contribution is -2.25. The molecule has 2 heterocycles. The molecule has 0 fully saturated rings. The number of hydrogen-bond donors (Lipinski definition) is 1. The van der Waals surface area contributed by atoms with Crippen LogP contribution in [0.25, 0.3) is 0 Å². The second kappa shape index (κ2) is 8.68. The van der Waals surface area contributed by atoms with Gasteiger partial charge < -0.3 is 5.32 Å². The molecule has 1 N–H and O–H groups in total. The second-order valence-electron chi connectivity index (χ2n) is 7.33. The molecule has 1 amide bonds. The van der Waals surface area contributed by atoms with Crippen molar-refractivity contribution in [3.63, 3.8) is 0 Å². The first kappa shape index (κ1) is 22.8. The summed E-state index contributed by atoms with van der Waals surface area (Å²) in [5.74, 6) is -0.351. The van der Waals surface area contributed by atoms with Gasteiger partial charge in [0.05, 0.1) is 28.5 Å². The Kier molecular flexibility index (Phi) is 6.38. The van der Waals surface area contributed by atoms with Crippen LogP contribution in [0.3, 0.4) is 0 Å². The van der Waals surface area contributed by atoms with E-state index >= 15 is 0 Å². The van der Waals surface area contributed by atoms with Gasteiger partial charge in [-0.2, -0.15) is 10.2 Å². The number of aryl methyl sites for hydroxylation is 2. The Morgan fingerprint density at radius 3 is 2.42 bits per heavy atom. The van der Waals surface area contributed by atoms with E-state index < -0.39 is 11.0 Å². The molecule has 31 heavy (non-hydrogen) atoms. The van der Waals surface area contributed by atoms with Gasteiger partial charge in [-0.15, -0.1) is 0 Å². The van der Waals surface area contributed by atoms with Crippen LogP contribution >= 0.6 is 23.2 Å². The number of halogens is 2. The molecule has 3 aromatic rings. The summed E-state index contributed by atoms with van der Waals surface area (Å²) in [7, 11) is 0. The first-order chi connectivity index (χ1) is 14.5. The topological polar surface area (TPSA) is 108 Å². The smallest absolute Gasteiger partial charge is 0.312 e. The normalized spacial score (nSPS) is 12.1. The number of carbonyl (C=O) groups is 1. The van der Waals surface area contributed by atoms with Crippen molar-refractivity contribution in [2.24, 2.45) is 0 Å². The van der Waals surface area contributed by atoms with Crippen LogP contribution < -0.4 is 5.32 Å². The molecular weight excluding hydrogens is 443 g/mol. The van der Waals surface area contributed by atoms with E-state index in [4.69, 9.17) is 23.2 Å². The van der Waals surface area contributed by atoms with Gasteiger partial charge in [-0.25, -0.2) is 0 Å². The van der Waals surface area contributed by atoms with E-state index in [9.17, 15) is 14.9 Å². The number of hydrogen-bond acceptors (Lipinski definition) is 5. The van der Waals surface area contributed by atoms with Crippen molar-refractivity contribution in [2.75, 3.05) is 5.32 Å². The summed E-state index contributed by atoms with van der Waals surface area (Å²) in [5.41, 5.74) is 3.33. The van der Waals surface area contributed by atoms with Gasteiger partial charge >= 0.3 is 5.69 Å². The predicted octanol–water partition coefficient (Wildman–Crippen LogP) is 4.78. The number of carbonyl (C=O) groups excluding carboxylic acids is 1. The van der Waals surface area contributed by atoms with Crippen LogP contribution in [0.1, 0.15) is 41.3 Å². The Hall–Kier alpha value is -2.91. The maximum absolute atomic E-state index is 12.9. The SMILES string of the molecule is Cc1nn(Cc2ccc(Cl)cc2Cl)c(C)c1NC(=O)C(C)n1nc(C)c([N+](=O)[O-])c1C. The highest BCUT2D eigenvalue weighted by Gasteiger charge is 2.28. The number of aromatic nitrogens is 4. The van der Waals surface area contributed by atoms with Crippen molar-refractivity contribution in [1.82, 2.24) is 19.6 Å². The van der Waals surface area contributed by atoms with Gasteiger partial charge in [0.25, 0.3) is 0 Å². The minimum absolute atomic E-state index is 0.0836. The molecule has 0 aliphatic rings. The van der Waals surface area contributed by atoms with Crippen LogP contribution in [0.15, 0.2) is 18.2 Å². The lowest BCUT2D eigenvalue weighted by molar-refractivity contribution is -0.386. The molecule has 1 atom stereocenters. The van der Waals surface area contributed by atoms with Crippen molar-refractivity contribution in [2.45, 2.75) is 47.2 Å². The Labute approximate surface area is 189 Å². The fourth-order valence-electron chi connectivity index (χ4n) is 3.48. The number of nitrogens with one attached hydrogen (secondary N) is 1. The first-order valence-corrected chi connectivity index (χ1v) is 10.3. The molecule has 11 heteroatoms. The Bertz CT molecular complexity index is 1180. The lowest BCUT2D eigenvalue weighted by Gasteiger charge is -2.14. The third-order valence-electron chi connectivity index (χ3n) is 5.18. The molecule has 0 bridgehead atoms. The molecule has 0 saturated carbocycles. The maximum atomic E-state index is 12.9. The van der Waals surface area contributed by atoms with E-state index in [2.05, 4.69) is 15.5 Å². The largest absolute Gasteiger partial charge is 0.321 e. The zero-order valence-corrected chi connectivity index (χ0v) is 19.2. The number of benzene rings is 1. The van der Waals surface area contributed by atoms with E-state index in [0.717, 1.165) is 11.3 Å². The molecule has 0 aliphatic heterocycles. The van der Waals surface area contributed by atoms with Crippen LogP contribution in [0.2, 0.25) is 10.0 Å². The molecule has 0 spiro atoms. The minimum Gasteiger partial charge on any atom is -0.321 e. The van der Waals surface area contributed by atoms with Crippen LogP contribution in [0, 0.1) is 37.8 Å². The van der Waals surface area contributed by atoms with Crippen molar-refractivity contribution < 1.29 is 9.72 Å². The Morgan fingerprint density at radius 1 is 1.16 bits per heavy atom. The summed E-state index contributed by atoms with van der Waals surface area (Å²) in [6.45, 7) is 8.82. The Morgan fingerprint density at radius 2 is 1.84 bits per heavy atom. The quantitative estimate of drug-likeness (QED) is 0.417. The standard InChI is InChI=1S/C20H22Cl2N6O3/c1-10-18(12(3)26(24-10)9-15-6-7-16(21)8-17(15)22)23-20(29)14(5)27-13(4)19(28(30)31)11(2)25-27/h6-8,14H,9H2,1-5H3,(H,23,29). The first-order valence-electron chi connectivity index (χ1n) is 9.50. The highest BCUT2D eigenvalue weighted by atomic mass is 35.5. The summed E-state index contributed by atoms with van der Waals surface area (Å²) in [6, 6.07) is 4.51. The predicted molar refractivity (Wildman–Crippen MR) is 119 cm³/mol. The number of nitro groups is 1. The fourth-order valence-corrected chi connectivity index (χ4v) is 3.95. The zero-order valence-electron chi connectivity index (χ0n) is 17.7. The molecular formula is C20H22Cl2N6O3. The van der Waals surface area contributed by atoms with Gasteiger partial charge in [-0.1, -0.05) is 29.3 Å². The van der Waals surface area contributed by atoms with E-state index in [1.165, 1.54) is 4.68 Å². The van der Waals surface area contributed by atoms with Crippen LogP contribution in [0.5, 0.6) is 0 Å². The van der Waals surface area contributed by atoms with Crippen molar-refractivity contribution in [3.8, 4) is 0 Å². The van der Waals surface area contributed by atoms with Gasteiger partial charge in [0.15, 0.2) is 0 Å². The van der Waals surface area contributed by atoms with E-state index in [1.807, 2.05) is 13.0 Å². The van der Waals surface area contributed by atoms with E-state index in [1.54, 1.807) is 44.5 Å². The molecule has 164 valence electrons. The van der Waals surface area contributed by atoms with Gasteiger partial charge in [-0.05, 0) is 52.3 Å². The lowest BCUT2D eigenvalue weighted by atomic mass is 10.2. The number of amides is 1. The van der Waals surface area contributed by atoms with Crippen LogP contribution in [0.4, 0.5) is 11.4 Å². The Balaban J connectivity index is 1.84. The minimum atomic E-state index is -0.750. The van der Waals surface area contributed by atoms with Crippen LogP contribution in [-0.4, -0.2) is 30.4 Å². The number of nitrogens with zero attached hydrogens (tertiary/aromatic N) is 5. The molecule has 9 nitrogen and oxygen atoms in total. The van der Waals surface area contributed by atoms with E-state index in [-0.39, 0.29) is 17.3 Å². The molecule has 0 radical (unpaired) electrons. The summed E-state index contributed by atoms with van der Waals surface area (Å²) in [5, 5.41) is 23.9. The summed E-state index contributed by atoms with van der Waals surface area (Å²) < 4.78 is 3.12. The third kappa shape index (κ3) is 4.42. The van der Waals surface area contributed by atoms with Crippen LogP contribution in [-0.2, 0) is 11.3 Å². The van der Waals surface area contributed by atoms with Crippen molar-refractivity contribution in [1.29, 1.82) is 0 Å².